The lowest BCUT2D eigenvalue weighted by atomic mass is 9.87. The monoisotopic (exact) mass is 226 g/mol. The molecule has 16 heavy (non-hydrogen) atoms. The Bertz CT molecular complexity index is 320. The number of nitrogens with one attached hydrogen (secondary N) is 1. The molecule has 0 saturated carbocycles. The SMILES string of the molecule is CCC(C)(CN)C(=O)NCCc1ncon1. The van der Waals surface area contributed by atoms with Crippen LogP contribution < -0.4 is 11.1 Å². The third kappa shape index (κ3) is 3.03. The standard InChI is InChI=1S/C10H18N4O2/c1-3-10(2,6-11)9(15)12-5-4-8-13-7-16-14-8/h7H,3-6,11H2,1-2H3,(H,12,15). The number of nitrogens with zero attached hydrogens (tertiary/aromatic N) is 2. The fraction of sp³-hybridized carbons (Fsp3) is 0.700. The van der Waals surface area contributed by atoms with Crippen molar-refractivity contribution in [2.24, 2.45) is 11.1 Å². The van der Waals surface area contributed by atoms with Gasteiger partial charge in [-0.2, -0.15) is 4.98 Å². The van der Waals surface area contributed by atoms with E-state index in [1.807, 2.05) is 13.8 Å². The lowest BCUT2D eigenvalue weighted by molar-refractivity contribution is -0.129. The van der Waals surface area contributed by atoms with E-state index in [2.05, 4.69) is 20.0 Å². The lowest BCUT2D eigenvalue weighted by Gasteiger charge is -2.24. The van der Waals surface area contributed by atoms with Crippen LogP contribution in [-0.4, -0.2) is 29.1 Å². The maximum Gasteiger partial charge on any atom is 0.227 e. The number of hydrogen-bond acceptors (Lipinski definition) is 5. The Morgan fingerprint density at radius 1 is 1.69 bits per heavy atom. The average molecular weight is 226 g/mol. The van der Waals surface area contributed by atoms with Gasteiger partial charge in [0, 0.05) is 19.5 Å². The summed E-state index contributed by atoms with van der Waals surface area (Å²) in [5, 5.41) is 6.48. The summed E-state index contributed by atoms with van der Waals surface area (Å²) in [4.78, 5) is 15.7. The molecule has 0 fully saturated rings. The Kier molecular flexibility index (Phi) is 4.42. The first-order valence-corrected chi connectivity index (χ1v) is 5.36. The van der Waals surface area contributed by atoms with Crippen molar-refractivity contribution in [3.05, 3.63) is 12.2 Å². The highest BCUT2D eigenvalue weighted by Crippen LogP contribution is 2.18. The van der Waals surface area contributed by atoms with Crippen LogP contribution in [-0.2, 0) is 11.2 Å². The predicted octanol–water partition coefficient (Wildman–Crippen LogP) is 0.103. The van der Waals surface area contributed by atoms with Crippen LogP contribution in [0.3, 0.4) is 0 Å². The summed E-state index contributed by atoms with van der Waals surface area (Å²) < 4.78 is 4.59. The zero-order valence-corrected chi connectivity index (χ0v) is 9.69. The minimum atomic E-state index is -0.489. The lowest BCUT2D eigenvalue weighted by Crippen LogP contribution is -2.44. The minimum Gasteiger partial charge on any atom is -0.355 e. The summed E-state index contributed by atoms with van der Waals surface area (Å²) in [6.07, 6.45) is 2.55. The number of amides is 1. The van der Waals surface area contributed by atoms with Crippen molar-refractivity contribution in [3.63, 3.8) is 0 Å². The highest BCUT2D eigenvalue weighted by Gasteiger charge is 2.29. The number of hydrogen-bond donors (Lipinski definition) is 2. The van der Waals surface area contributed by atoms with Crippen molar-refractivity contribution in [3.8, 4) is 0 Å². The van der Waals surface area contributed by atoms with Crippen LogP contribution in [0.2, 0.25) is 0 Å². The molecule has 90 valence electrons. The quantitative estimate of drug-likeness (QED) is 0.717. The fourth-order valence-electron chi connectivity index (χ4n) is 1.20. The molecule has 1 atom stereocenters. The van der Waals surface area contributed by atoms with Crippen molar-refractivity contribution in [1.82, 2.24) is 15.5 Å². The van der Waals surface area contributed by atoms with Crippen LogP contribution in [0.1, 0.15) is 26.1 Å². The van der Waals surface area contributed by atoms with E-state index in [9.17, 15) is 4.79 Å². The molecule has 0 saturated heterocycles. The van der Waals surface area contributed by atoms with Gasteiger partial charge < -0.3 is 15.6 Å². The summed E-state index contributed by atoms with van der Waals surface area (Å²) in [6, 6.07) is 0. The van der Waals surface area contributed by atoms with Crippen LogP contribution >= 0.6 is 0 Å². The molecule has 1 aromatic heterocycles. The maximum absolute atomic E-state index is 11.8. The molecular weight excluding hydrogens is 208 g/mol. The molecule has 1 aromatic rings. The molecule has 1 heterocycles. The van der Waals surface area contributed by atoms with Gasteiger partial charge in [0.25, 0.3) is 0 Å². The van der Waals surface area contributed by atoms with Gasteiger partial charge in [0.2, 0.25) is 12.3 Å². The molecule has 0 aliphatic heterocycles. The van der Waals surface area contributed by atoms with Crippen LogP contribution in [0, 0.1) is 5.41 Å². The first-order valence-electron chi connectivity index (χ1n) is 5.36. The van der Waals surface area contributed by atoms with Crippen LogP contribution in [0.5, 0.6) is 0 Å². The molecule has 1 rings (SSSR count). The summed E-state index contributed by atoms with van der Waals surface area (Å²) in [5.41, 5.74) is 5.10. The van der Waals surface area contributed by atoms with Crippen molar-refractivity contribution in [1.29, 1.82) is 0 Å². The van der Waals surface area contributed by atoms with E-state index in [-0.39, 0.29) is 5.91 Å². The molecule has 0 aliphatic rings. The number of aromatic nitrogens is 2. The molecule has 6 heteroatoms. The van der Waals surface area contributed by atoms with E-state index in [1.165, 1.54) is 6.39 Å². The topological polar surface area (TPSA) is 94.0 Å². The third-order valence-corrected chi connectivity index (χ3v) is 2.82. The zero-order valence-electron chi connectivity index (χ0n) is 9.69. The van der Waals surface area contributed by atoms with Crippen molar-refractivity contribution < 1.29 is 9.32 Å². The predicted molar refractivity (Wildman–Crippen MR) is 58.5 cm³/mol. The molecule has 0 spiro atoms. The van der Waals surface area contributed by atoms with Gasteiger partial charge in [-0.25, -0.2) is 0 Å². The summed E-state index contributed by atoms with van der Waals surface area (Å²) in [5.74, 6) is 0.562. The summed E-state index contributed by atoms with van der Waals surface area (Å²) in [6.45, 7) is 4.65. The largest absolute Gasteiger partial charge is 0.355 e. The van der Waals surface area contributed by atoms with Crippen molar-refractivity contribution in [2.75, 3.05) is 13.1 Å². The normalized spacial score (nSPS) is 14.4. The summed E-state index contributed by atoms with van der Waals surface area (Å²) >= 11 is 0. The number of carbonyl (C=O) groups is 1. The van der Waals surface area contributed by atoms with E-state index in [0.29, 0.717) is 25.3 Å². The molecule has 0 bridgehead atoms. The average Bonchev–Trinajstić information content (AvgIpc) is 2.80. The molecule has 6 nitrogen and oxygen atoms in total. The molecular formula is C10H18N4O2. The summed E-state index contributed by atoms with van der Waals surface area (Å²) in [7, 11) is 0. The Morgan fingerprint density at radius 3 is 2.94 bits per heavy atom. The molecule has 1 amide bonds. The highest BCUT2D eigenvalue weighted by molar-refractivity contribution is 5.82. The molecule has 3 N–H and O–H groups in total. The van der Waals surface area contributed by atoms with E-state index in [0.717, 1.165) is 6.42 Å². The highest BCUT2D eigenvalue weighted by atomic mass is 16.5. The van der Waals surface area contributed by atoms with Crippen LogP contribution in [0.4, 0.5) is 0 Å². The van der Waals surface area contributed by atoms with Gasteiger partial charge in [-0.1, -0.05) is 12.1 Å². The molecule has 1 unspecified atom stereocenters. The Labute approximate surface area is 94.6 Å². The van der Waals surface area contributed by atoms with E-state index in [4.69, 9.17) is 5.73 Å². The van der Waals surface area contributed by atoms with Gasteiger partial charge in [0.15, 0.2) is 5.82 Å². The second-order valence-corrected chi connectivity index (χ2v) is 3.97. The Morgan fingerprint density at radius 2 is 2.44 bits per heavy atom. The van der Waals surface area contributed by atoms with Crippen molar-refractivity contribution in [2.45, 2.75) is 26.7 Å². The molecule has 0 aliphatic carbocycles. The maximum atomic E-state index is 11.8. The number of rotatable bonds is 6. The second kappa shape index (κ2) is 5.60. The van der Waals surface area contributed by atoms with E-state index < -0.39 is 5.41 Å². The van der Waals surface area contributed by atoms with Gasteiger partial charge in [-0.05, 0) is 13.3 Å². The van der Waals surface area contributed by atoms with Gasteiger partial charge in [0.05, 0.1) is 5.41 Å². The second-order valence-electron chi connectivity index (χ2n) is 3.97. The van der Waals surface area contributed by atoms with Gasteiger partial charge >= 0.3 is 0 Å². The van der Waals surface area contributed by atoms with Gasteiger partial charge in [0.1, 0.15) is 0 Å². The minimum absolute atomic E-state index is 0.0269. The molecule has 0 aromatic carbocycles. The van der Waals surface area contributed by atoms with Crippen LogP contribution in [0.25, 0.3) is 0 Å². The Hall–Kier alpha value is -1.43. The Balaban J connectivity index is 2.35. The number of carbonyl (C=O) groups excluding carboxylic acids is 1. The van der Waals surface area contributed by atoms with Gasteiger partial charge in [-0.15, -0.1) is 0 Å². The molecule has 0 radical (unpaired) electrons. The van der Waals surface area contributed by atoms with E-state index in [1.54, 1.807) is 0 Å². The first kappa shape index (κ1) is 12.6. The fourth-order valence-corrected chi connectivity index (χ4v) is 1.20. The van der Waals surface area contributed by atoms with E-state index >= 15 is 0 Å². The third-order valence-electron chi connectivity index (χ3n) is 2.82. The number of nitrogens with two attached hydrogens (primary N) is 1. The van der Waals surface area contributed by atoms with Crippen molar-refractivity contribution >= 4 is 5.91 Å². The van der Waals surface area contributed by atoms with Gasteiger partial charge in [-0.3, -0.25) is 4.79 Å². The van der Waals surface area contributed by atoms with Crippen LogP contribution in [0.15, 0.2) is 10.9 Å². The first-order chi connectivity index (χ1) is 7.62. The smallest absolute Gasteiger partial charge is 0.227 e. The zero-order chi connectivity index (χ0) is 12.0.